The Labute approximate surface area is 149 Å². The van der Waals surface area contributed by atoms with Crippen molar-refractivity contribution in [3.05, 3.63) is 23.8 Å². The number of carbonyl (C=O) groups is 1. The van der Waals surface area contributed by atoms with Crippen LogP contribution in [0.5, 0.6) is 11.5 Å². The maximum absolute atomic E-state index is 12.7. The molecule has 1 amide bonds. The fourth-order valence-electron chi connectivity index (χ4n) is 3.78. The van der Waals surface area contributed by atoms with Crippen molar-refractivity contribution in [3.8, 4) is 11.5 Å². The summed E-state index contributed by atoms with van der Waals surface area (Å²) in [6, 6.07) is 6.14. The number of hydrogen-bond acceptors (Lipinski definition) is 5. The van der Waals surface area contributed by atoms with Gasteiger partial charge in [0.25, 0.3) is 0 Å². The van der Waals surface area contributed by atoms with Gasteiger partial charge in [0.05, 0.1) is 33.5 Å². The van der Waals surface area contributed by atoms with Crippen LogP contribution in [-0.2, 0) is 9.53 Å². The van der Waals surface area contributed by atoms with Gasteiger partial charge in [0.15, 0.2) is 0 Å². The van der Waals surface area contributed by atoms with Crippen molar-refractivity contribution in [1.82, 2.24) is 9.80 Å². The van der Waals surface area contributed by atoms with Gasteiger partial charge in [-0.05, 0) is 32.4 Å². The van der Waals surface area contributed by atoms with Crippen LogP contribution in [0, 0.1) is 0 Å². The van der Waals surface area contributed by atoms with Gasteiger partial charge in [0, 0.05) is 30.8 Å². The summed E-state index contributed by atoms with van der Waals surface area (Å²) >= 11 is 0. The van der Waals surface area contributed by atoms with E-state index in [9.17, 15) is 4.79 Å². The molecule has 1 aromatic rings. The predicted molar refractivity (Wildman–Crippen MR) is 95.1 cm³/mol. The van der Waals surface area contributed by atoms with Crippen LogP contribution in [0.4, 0.5) is 0 Å². The molecule has 0 aromatic heterocycles. The molecule has 6 nitrogen and oxygen atoms in total. The molecule has 0 spiro atoms. The summed E-state index contributed by atoms with van der Waals surface area (Å²) < 4.78 is 16.4. The van der Waals surface area contributed by atoms with Gasteiger partial charge in [0.1, 0.15) is 11.5 Å². The first-order valence-electron chi connectivity index (χ1n) is 8.97. The van der Waals surface area contributed by atoms with Gasteiger partial charge in [-0.3, -0.25) is 9.69 Å². The van der Waals surface area contributed by atoms with E-state index in [-0.39, 0.29) is 18.1 Å². The normalized spacial score (nSPS) is 24.4. The Morgan fingerprint density at radius 1 is 1.28 bits per heavy atom. The Morgan fingerprint density at radius 2 is 2.12 bits per heavy atom. The Kier molecular flexibility index (Phi) is 5.81. The monoisotopic (exact) mass is 348 g/mol. The zero-order valence-electron chi connectivity index (χ0n) is 15.4. The Hall–Kier alpha value is -1.79. The van der Waals surface area contributed by atoms with E-state index in [2.05, 4.69) is 11.0 Å². The number of benzene rings is 1. The smallest absolute Gasteiger partial charge is 0.236 e. The van der Waals surface area contributed by atoms with Crippen LogP contribution in [-0.4, -0.2) is 68.8 Å². The predicted octanol–water partition coefficient (Wildman–Crippen LogP) is 2.09. The average Bonchev–Trinajstić information content (AvgIpc) is 3.08. The van der Waals surface area contributed by atoms with E-state index in [0.717, 1.165) is 36.4 Å². The van der Waals surface area contributed by atoms with Gasteiger partial charge in [0.2, 0.25) is 5.91 Å². The largest absolute Gasteiger partial charge is 0.497 e. The van der Waals surface area contributed by atoms with E-state index in [4.69, 9.17) is 14.2 Å². The summed E-state index contributed by atoms with van der Waals surface area (Å²) in [5.74, 6) is 1.79. The van der Waals surface area contributed by atoms with E-state index in [1.807, 2.05) is 24.0 Å². The van der Waals surface area contributed by atoms with Crippen LogP contribution >= 0.6 is 0 Å². The first-order chi connectivity index (χ1) is 12.1. The molecule has 2 aliphatic heterocycles. The Balaban J connectivity index is 1.71. The molecule has 0 aliphatic carbocycles. The topological polar surface area (TPSA) is 51.2 Å². The van der Waals surface area contributed by atoms with E-state index in [1.165, 1.54) is 0 Å². The molecule has 25 heavy (non-hydrogen) atoms. The quantitative estimate of drug-likeness (QED) is 0.816. The number of morpholine rings is 1. The summed E-state index contributed by atoms with van der Waals surface area (Å²) in [6.45, 7) is 5.40. The Morgan fingerprint density at radius 3 is 2.84 bits per heavy atom. The number of nitrogens with zero attached hydrogens (tertiary/aromatic N) is 2. The fraction of sp³-hybridized carbons (Fsp3) is 0.632. The van der Waals surface area contributed by atoms with Crippen molar-refractivity contribution >= 4 is 5.91 Å². The molecule has 2 fully saturated rings. The van der Waals surface area contributed by atoms with Crippen LogP contribution in [0.1, 0.15) is 31.4 Å². The summed E-state index contributed by atoms with van der Waals surface area (Å²) in [4.78, 5) is 16.9. The van der Waals surface area contributed by atoms with Gasteiger partial charge in [-0.1, -0.05) is 6.07 Å². The molecular weight excluding hydrogens is 320 g/mol. The molecule has 0 radical (unpaired) electrons. The second kappa shape index (κ2) is 8.06. The number of carbonyl (C=O) groups excluding carboxylic acids is 1. The highest BCUT2D eigenvalue weighted by molar-refractivity contribution is 5.78. The second-order valence-corrected chi connectivity index (χ2v) is 6.76. The number of amides is 1. The third-order valence-corrected chi connectivity index (χ3v) is 5.10. The highest BCUT2D eigenvalue weighted by Gasteiger charge is 2.32. The Bertz CT molecular complexity index is 607. The van der Waals surface area contributed by atoms with Crippen molar-refractivity contribution in [1.29, 1.82) is 0 Å². The molecule has 3 rings (SSSR count). The molecule has 2 atom stereocenters. The first-order valence-corrected chi connectivity index (χ1v) is 8.97. The van der Waals surface area contributed by atoms with E-state index in [1.54, 1.807) is 14.2 Å². The van der Waals surface area contributed by atoms with Crippen LogP contribution < -0.4 is 9.47 Å². The van der Waals surface area contributed by atoms with Crippen LogP contribution in [0.2, 0.25) is 0 Å². The van der Waals surface area contributed by atoms with Crippen molar-refractivity contribution in [2.45, 2.75) is 31.9 Å². The number of rotatable bonds is 5. The van der Waals surface area contributed by atoms with Gasteiger partial charge >= 0.3 is 0 Å². The number of ether oxygens (including phenoxy) is 3. The molecule has 6 heteroatoms. The van der Waals surface area contributed by atoms with Crippen LogP contribution in [0.3, 0.4) is 0 Å². The molecule has 0 N–H and O–H groups in total. The summed E-state index contributed by atoms with van der Waals surface area (Å²) in [5, 5.41) is 0. The second-order valence-electron chi connectivity index (χ2n) is 6.76. The molecule has 0 unspecified atom stereocenters. The summed E-state index contributed by atoms with van der Waals surface area (Å²) in [6.07, 6.45) is 2.25. The average molecular weight is 348 g/mol. The van der Waals surface area contributed by atoms with Gasteiger partial charge in [-0.2, -0.15) is 0 Å². The molecule has 2 heterocycles. The summed E-state index contributed by atoms with van der Waals surface area (Å²) in [7, 11) is 3.33. The lowest BCUT2D eigenvalue weighted by Gasteiger charge is -2.33. The molecule has 1 aromatic carbocycles. The zero-order chi connectivity index (χ0) is 17.8. The highest BCUT2D eigenvalue weighted by atomic mass is 16.5. The van der Waals surface area contributed by atoms with E-state index in [0.29, 0.717) is 26.2 Å². The lowest BCUT2D eigenvalue weighted by Crippen LogP contribution is -2.48. The molecule has 0 bridgehead atoms. The van der Waals surface area contributed by atoms with Crippen LogP contribution in [0.25, 0.3) is 0 Å². The lowest BCUT2D eigenvalue weighted by molar-refractivity contribution is -0.139. The minimum Gasteiger partial charge on any atom is -0.497 e. The first kappa shape index (κ1) is 18.0. The molecule has 0 saturated carbocycles. The van der Waals surface area contributed by atoms with Crippen molar-refractivity contribution in [2.24, 2.45) is 0 Å². The van der Waals surface area contributed by atoms with E-state index < -0.39 is 0 Å². The SMILES string of the molecule is COc1ccc([C@@H]2CCCN2CC(=O)N2CCO[C@H](C)C2)c(OC)c1. The van der Waals surface area contributed by atoms with Crippen molar-refractivity contribution in [2.75, 3.05) is 47.0 Å². The standard InChI is InChI=1S/C19H28N2O4/c1-14-12-21(9-10-25-14)19(22)13-20-8-4-5-17(20)16-7-6-15(23-2)11-18(16)24-3/h6-7,11,14,17H,4-5,8-10,12-13H2,1-3H3/t14-,17+/m1/s1. The lowest BCUT2D eigenvalue weighted by atomic mass is 10.0. The molecule has 2 saturated heterocycles. The minimum atomic E-state index is 0.119. The van der Waals surface area contributed by atoms with Crippen LogP contribution in [0.15, 0.2) is 18.2 Å². The third kappa shape index (κ3) is 4.07. The molecule has 138 valence electrons. The van der Waals surface area contributed by atoms with Gasteiger partial charge in [-0.25, -0.2) is 0 Å². The zero-order valence-corrected chi connectivity index (χ0v) is 15.4. The number of hydrogen-bond donors (Lipinski definition) is 0. The molecule has 2 aliphatic rings. The maximum atomic E-state index is 12.7. The molecular formula is C19H28N2O4. The highest BCUT2D eigenvalue weighted by Crippen LogP contribution is 2.38. The number of methoxy groups -OCH3 is 2. The van der Waals surface area contributed by atoms with Crippen molar-refractivity contribution < 1.29 is 19.0 Å². The maximum Gasteiger partial charge on any atom is 0.236 e. The minimum absolute atomic E-state index is 0.119. The summed E-state index contributed by atoms with van der Waals surface area (Å²) in [5.41, 5.74) is 1.13. The fourth-order valence-corrected chi connectivity index (χ4v) is 3.78. The third-order valence-electron chi connectivity index (χ3n) is 5.10. The number of likely N-dealkylation sites (tertiary alicyclic amines) is 1. The van der Waals surface area contributed by atoms with E-state index >= 15 is 0 Å². The van der Waals surface area contributed by atoms with Gasteiger partial charge < -0.3 is 19.1 Å². The van der Waals surface area contributed by atoms with Gasteiger partial charge in [-0.15, -0.1) is 0 Å². The van der Waals surface area contributed by atoms with Crippen molar-refractivity contribution in [3.63, 3.8) is 0 Å².